The van der Waals surface area contributed by atoms with E-state index in [1.807, 2.05) is 24.3 Å². The van der Waals surface area contributed by atoms with Crippen LogP contribution < -0.4 is 0 Å². The van der Waals surface area contributed by atoms with Gasteiger partial charge in [0.2, 0.25) is 0 Å². The van der Waals surface area contributed by atoms with E-state index in [4.69, 9.17) is 4.74 Å². The van der Waals surface area contributed by atoms with Gasteiger partial charge < -0.3 is 4.74 Å². The average molecular weight is 374 g/mol. The zero-order chi connectivity index (χ0) is 13.0. The van der Waals surface area contributed by atoms with E-state index in [2.05, 4.69) is 31.9 Å². The molecule has 0 atom stereocenters. The van der Waals surface area contributed by atoms with Crippen LogP contribution in [0, 0.1) is 5.82 Å². The Bertz CT molecular complexity index is 543. The molecule has 0 aromatic heterocycles. The fourth-order valence-electron chi connectivity index (χ4n) is 1.54. The Morgan fingerprint density at radius 3 is 2.56 bits per heavy atom. The molecule has 0 N–H and O–H groups in total. The van der Waals surface area contributed by atoms with Crippen molar-refractivity contribution in [3.05, 3.63) is 68.4 Å². The van der Waals surface area contributed by atoms with E-state index in [1.54, 1.807) is 6.07 Å². The molecule has 0 saturated heterocycles. The number of hydrogen-bond donors (Lipinski definition) is 0. The summed E-state index contributed by atoms with van der Waals surface area (Å²) in [5.41, 5.74) is 2.04. The summed E-state index contributed by atoms with van der Waals surface area (Å²) in [6, 6.07) is 12.6. The van der Waals surface area contributed by atoms with Gasteiger partial charge in [-0.3, -0.25) is 0 Å². The molecule has 0 unspecified atom stereocenters. The van der Waals surface area contributed by atoms with Crippen molar-refractivity contribution in [2.75, 3.05) is 0 Å². The molecular weight excluding hydrogens is 363 g/mol. The van der Waals surface area contributed by atoms with Crippen molar-refractivity contribution in [2.24, 2.45) is 0 Å². The van der Waals surface area contributed by atoms with Crippen LogP contribution >= 0.6 is 31.9 Å². The number of halogens is 3. The molecule has 0 aliphatic rings. The fraction of sp³-hybridized carbons (Fsp3) is 0.143. The van der Waals surface area contributed by atoms with Crippen LogP contribution in [0.4, 0.5) is 4.39 Å². The standard InChI is InChI=1S/C14H11Br2FO/c15-12-3-1-2-10(6-12)8-18-9-11-4-5-13(17)7-14(11)16/h1-7H,8-9H2. The Labute approximate surface area is 122 Å². The molecule has 0 spiro atoms. The first-order valence-electron chi connectivity index (χ1n) is 5.41. The molecule has 0 amide bonds. The van der Waals surface area contributed by atoms with Crippen LogP contribution in [0.1, 0.15) is 11.1 Å². The molecule has 4 heteroatoms. The maximum Gasteiger partial charge on any atom is 0.124 e. The zero-order valence-corrected chi connectivity index (χ0v) is 12.7. The molecule has 0 radical (unpaired) electrons. The third-order valence-corrected chi connectivity index (χ3v) is 3.66. The van der Waals surface area contributed by atoms with E-state index in [0.29, 0.717) is 13.2 Å². The summed E-state index contributed by atoms with van der Waals surface area (Å²) in [5.74, 6) is -0.252. The Morgan fingerprint density at radius 2 is 1.83 bits per heavy atom. The fourth-order valence-corrected chi connectivity index (χ4v) is 2.46. The number of rotatable bonds is 4. The Morgan fingerprint density at radius 1 is 1.00 bits per heavy atom. The summed E-state index contributed by atoms with van der Waals surface area (Å²) in [4.78, 5) is 0. The van der Waals surface area contributed by atoms with Crippen molar-refractivity contribution in [3.63, 3.8) is 0 Å². The maximum absolute atomic E-state index is 12.9. The molecular formula is C14H11Br2FO. The molecule has 2 aromatic rings. The summed E-state index contributed by atoms with van der Waals surface area (Å²) in [7, 11) is 0. The molecule has 18 heavy (non-hydrogen) atoms. The minimum Gasteiger partial charge on any atom is -0.372 e. The SMILES string of the molecule is Fc1ccc(COCc2cccc(Br)c2)c(Br)c1. The van der Waals surface area contributed by atoms with Crippen molar-refractivity contribution >= 4 is 31.9 Å². The van der Waals surface area contributed by atoms with E-state index < -0.39 is 0 Å². The molecule has 2 aromatic carbocycles. The van der Waals surface area contributed by atoms with E-state index >= 15 is 0 Å². The van der Waals surface area contributed by atoms with Gasteiger partial charge in [-0.1, -0.05) is 50.1 Å². The van der Waals surface area contributed by atoms with E-state index in [9.17, 15) is 4.39 Å². The lowest BCUT2D eigenvalue weighted by molar-refractivity contribution is 0.106. The van der Waals surface area contributed by atoms with Crippen LogP contribution in [0.2, 0.25) is 0 Å². The van der Waals surface area contributed by atoms with Gasteiger partial charge in [-0.25, -0.2) is 4.39 Å². The number of hydrogen-bond acceptors (Lipinski definition) is 1. The quantitative estimate of drug-likeness (QED) is 0.727. The largest absolute Gasteiger partial charge is 0.372 e. The van der Waals surface area contributed by atoms with Gasteiger partial charge in [-0.2, -0.15) is 0 Å². The molecule has 1 nitrogen and oxygen atoms in total. The predicted molar refractivity (Wildman–Crippen MR) is 76.7 cm³/mol. The van der Waals surface area contributed by atoms with Gasteiger partial charge in [0.05, 0.1) is 13.2 Å². The lowest BCUT2D eigenvalue weighted by Crippen LogP contribution is -1.95. The van der Waals surface area contributed by atoms with Crippen LogP contribution in [0.25, 0.3) is 0 Å². The second-order valence-electron chi connectivity index (χ2n) is 3.86. The molecule has 0 aliphatic heterocycles. The van der Waals surface area contributed by atoms with Crippen molar-refractivity contribution in [1.29, 1.82) is 0 Å². The number of benzene rings is 2. The summed E-state index contributed by atoms with van der Waals surface area (Å²) >= 11 is 6.73. The monoisotopic (exact) mass is 372 g/mol. The van der Waals surface area contributed by atoms with Crippen LogP contribution in [0.3, 0.4) is 0 Å². The van der Waals surface area contributed by atoms with E-state index in [1.165, 1.54) is 12.1 Å². The first kappa shape index (κ1) is 13.7. The summed E-state index contributed by atoms with van der Waals surface area (Å²) < 4.78 is 20.3. The Balaban J connectivity index is 1.92. The second kappa shape index (κ2) is 6.45. The first-order valence-corrected chi connectivity index (χ1v) is 7.00. The van der Waals surface area contributed by atoms with Gasteiger partial charge in [0.15, 0.2) is 0 Å². The van der Waals surface area contributed by atoms with Crippen molar-refractivity contribution < 1.29 is 9.13 Å². The predicted octanol–water partition coefficient (Wildman–Crippen LogP) is 5.07. The topological polar surface area (TPSA) is 9.23 Å². The van der Waals surface area contributed by atoms with Gasteiger partial charge in [0, 0.05) is 8.95 Å². The average Bonchev–Trinajstić information content (AvgIpc) is 2.32. The highest BCUT2D eigenvalue weighted by atomic mass is 79.9. The summed E-state index contributed by atoms with van der Waals surface area (Å²) in [6.45, 7) is 0.983. The summed E-state index contributed by atoms with van der Waals surface area (Å²) in [6.07, 6.45) is 0. The lowest BCUT2D eigenvalue weighted by Gasteiger charge is -2.07. The van der Waals surface area contributed by atoms with Gasteiger partial charge in [0.25, 0.3) is 0 Å². The third kappa shape index (κ3) is 3.90. The lowest BCUT2D eigenvalue weighted by atomic mass is 10.2. The maximum atomic E-state index is 12.9. The third-order valence-electron chi connectivity index (χ3n) is 2.43. The molecule has 2 rings (SSSR count). The molecule has 0 bridgehead atoms. The van der Waals surface area contributed by atoms with Gasteiger partial charge in [-0.05, 0) is 35.4 Å². The van der Waals surface area contributed by atoms with Crippen LogP contribution in [-0.2, 0) is 18.0 Å². The molecule has 0 fully saturated rings. The number of ether oxygens (including phenoxy) is 1. The van der Waals surface area contributed by atoms with Gasteiger partial charge in [0.1, 0.15) is 5.82 Å². The highest BCUT2D eigenvalue weighted by molar-refractivity contribution is 9.10. The van der Waals surface area contributed by atoms with Crippen molar-refractivity contribution in [2.45, 2.75) is 13.2 Å². The minimum absolute atomic E-state index is 0.252. The first-order chi connectivity index (χ1) is 8.65. The van der Waals surface area contributed by atoms with Crippen molar-refractivity contribution in [1.82, 2.24) is 0 Å². The van der Waals surface area contributed by atoms with Crippen molar-refractivity contribution in [3.8, 4) is 0 Å². The van der Waals surface area contributed by atoms with E-state index in [0.717, 1.165) is 20.1 Å². The highest BCUT2D eigenvalue weighted by Crippen LogP contribution is 2.19. The molecule has 0 saturated carbocycles. The van der Waals surface area contributed by atoms with Crippen LogP contribution in [0.5, 0.6) is 0 Å². The Hall–Kier alpha value is -0.710. The Kier molecular flexibility index (Phi) is 4.92. The summed E-state index contributed by atoms with van der Waals surface area (Å²) in [5, 5.41) is 0. The highest BCUT2D eigenvalue weighted by Gasteiger charge is 2.02. The van der Waals surface area contributed by atoms with E-state index in [-0.39, 0.29) is 5.82 Å². The van der Waals surface area contributed by atoms with Crippen LogP contribution in [-0.4, -0.2) is 0 Å². The van der Waals surface area contributed by atoms with Gasteiger partial charge in [-0.15, -0.1) is 0 Å². The smallest absolute Gasteiger partial charge is 0.124 e. The van der Waals surface area contributed by atoms with Gasteiger partial charge >= 0.3 is 0 Å². The minimum atomic E-state index is -0.252. The normalized spacial score (nSPS) is 10.6. The molecule has 94 valence electrons. The zero-order valence-electron chi connectivity index (χ0n) is 9.50. The second-order valence-corrected chi connectivity index (χ2v) is 5.63. The van der Waals surface area contributed by atoms with Crippen LogP contribution in [0.15, 0.2) is 51.4 Å². The molecule has 0 aliphatic carbocycles. The molecule has 0 heterocycles.